The van der Waals surface area contributed by atoms with Crippen molar-refractivity contribution in [2.24, 2.45) is 0 Å². The lowest BCUT2D eigenvalue weighted by atomic mass is 9.96. The first kappa shape index (κ1) is 30.5. The van der Waals surface area contributed by atoms with Gasteiger partial charge in [-0.05, 0) is 69.1 Å². The third kappa shape index (κ3) is 4.08. The second-order valence-corrected chi connectivity index (χ2v) is 16.0. The van der Waals surface area contributed by atoms with Crippen molar-refractivity contribution >= 4 is 130 Å². The van der Waals surface area contributed by atoms with Gasteiger partial charge < -0.3 is 4.42 Å². The van der Waals surface area contributed by atoms with Crippen molar-refractivity contribution in [2.45, 2.75) is 0 Å². The molecule has 0 atom stereocenters. The van der Waals surface area contributed by atoms with Crippen molar-refractivity contribution in [3.63, 3.8) is 0 Å². The van der Waals surface area contributed by atoms with Gasteiger partial charge in [0.2, 0.25) is 0 Å². The summed E-state index contributed by atoms with van der Waals surface area (Å²) in [6.07, 6.45) is 0. The number of rotatable bonds is 2. The summed E-state index contributed by atoms with van der Waals surface area (Å²) in [6, 6.07) is 56.2. The maximum atomic E-state index is 7.27. The first-order chi connectivity index (χ1) is 27.7. The molecule has 0 saturated carbocycles. The van der Waals surface area contributed by atoms with Crippen LogP contribution in [0.15, 0.2) is 162 Å². The topological polar surface area (TPSA) is 43.9 Å². The molecule has 6 heteroatoms. The highest BCUT2D eigenvalue weighted by Gasteiger charge is 2.26. The molecule has 9 aromatic carbocycles. The monoisotopic (exact) mass is 751 g/mol. The molecule has 260 valence electrons. The molecule has 0 unspecified atom stereocenters. The molecular formula is C50H26ClN3OS. The minimum absolute atomic E-state index is 0.328. The fraction of sp³-hybridized carbons (Fsp3) is 0. The van der Waals surface area contributed by atoms with Gasteiger partial charge >= 0.3 is 0 Å². The Morgan fingerprint density at radius 3 is 1.98 bits per heavy atom. The van der Waals surface area contributed by atoms with Gasteiger partial charge in [-0.1, -0.05) is 133 Å². The largest absolute Gasteiger partial charge is 0.453 e. The van der Waals surface area contributed by atoms with Gasteiger partial charge in [-0.15, -0.1) is 11.3 Å². The molecule has 0 fully saturated rings. The van der Waals surface area contributed by atoms with Gasteiger partial charge in [0, 0.05) is 52.5 Å². The van der Waals surface area contributed by atoms with Crippen molar-refractivity contribution in [1.82, 2.24) is 14.5 Å². The summed E-state index contributed by atoms with van der Waals surface area (Å²) < 4.78 is 11.9. The normalized spacial score (nSPS) is 12.4. The van der Waals surface area contributed by atoms with Crippen molar-refractivity contribution < 1.29 is 4.42 Å². The van der Waals surface area contributed by atoms with Gasteiger partial charge in [0.1, 0.15) is 5.58 Å². The number of halogens is 1. The van der Waals surface area contributed by atoms with Gasteiger partial charge in [0.15, 0.2) is 16.6 Å². The molecule has 0 radical (unpaired) electrons. The van der Waals surface area contributed by atoms with E-state index in [9.17, 15) is 0 Å². The van der Waals surface area contributed by atoms with Crippen LogP contribution in [-0.2, 0) is 0 Å². The number of hydrogen-bond acceptors (Lipinski definition) is 4. The molecule has 0 aliphatic heterocycles. The Labute approximate surface area is 327 Å². The van der Waals surface area contributed by atoms with E-state index in [4.69, 9.17) is 26.0 Å². The molecular weight excluding hydrogens is 726 g/mol. The second-order valence-electron chi connectivity index (χ2n) is 14.6. The molecule has 0 aliphatic rings. The predicted molar refractivity (Wildman–Crippen MR) is 237 cm³/mol. The number of furan rings is 1. The van der Waals surface area contributed by atoms with E-state index in [-0.39, 0.29) is 0 Å². The summed E-state index contributed by atoms with van der Waals surface area (Å²) in [5.41, 5.74) is 7.42. The molecule has 13 aromatic rings. The van der Waals surface area contributed by atoms with Gasteiger partial charge in [-0.25, -0.2) is 9.97 Å². The molecule has 4 heterocycles. The Hall–Kier alpha value is -6.79. The van der Waals surface area contributed by atoms with Crippen LogP contribution in [0.5, 0.6) is 0 Å². The standard InChI is InChI=1S/C50H26ClN3OS/c51-49-50(53-45-31-11-3-1-9-27(31)19-23-39(45)52-49)54-40-24-20-29(30-18-21-34-33-13-7-8-16-41(33)56-42(34)26-30)25-38(40)43-35-14-5-6-15-36(35)44-37-22-17-28-10-2-4-12-32(28)47(37)55-48(44)46(43)54/h1-26H. The second kappa shape index (κ2) is 11.1. The number of fused-ring (bicyclic) bond motifs is 18. The fourth-order valence-corrected chi connectivity index (χ4v) is 10.5. The Balaban J connectivity index is 1.21. The van der Waals surface area contributed by atoms with E-state index in [1.807, 2.05) is 23.5 Å². The van der Waals surface area contributed by atoms with Gasteiger partial charge in [-0.2, -0.15) is 0 Å². The lowest BCUT2D eigenvalue weighted by molar-refractivity contribution is 0.675. The first-order valence-corrected chi connectivity index (χ1v) is 19.9. The molecule has 4 nitrogen and oxygen atoms in total. The lowest BCUT2D eigenvalue weighted by Crippen LogP contribution is -2.02. The van der Waals surface area contributed by atoms with Crippen LogP contribution in [0.25, 0.3) is 124 Å². The van der Waals surface area contributed by atoms with Crippen LogP contribution in [0.3, 0.4) is 0 Å². The summed E-state index contributed by atoms with van der Waals surface area (Å²) >= 11 is 9.11. The van der Waals surface area contributed by atoms with Crippen LogP contribution in [0.2, 0.25) is 5.15 Å². The SMILES string of the molecule is Clc1nc2ccc3ccccc3c2nc1-n1c2ccc(-c3ccc4c(c3)sc3ccccc34)cc2c2c3ccccc3c3c4ccc5ccccc5c4oc3c21. The van der Waals surface area contributed by atoms with Crippen molar-refractivity contribution in [3.8, 4) is 16.9 Å². The molecule has 0 spiro atoms. The Bertz CT molecular complexity index is 3860. The highest BCUT2D eigenvalue weighted by atomic mass is 35.5. The number of benzene rings is 9. The highest BCUT2D eigenvalue weighted by Crippen LogP contribution is 2.48. The Morgan fingerprint density at radius 2 is 1.12 bits per heavy atom. The molecule has 0 amide bonds. The van der Waals surface area contributed by atoms with E-state index >= 15 is 0 Å². The highest BCUT2D eigenvalue weighted by molar-refractivity contribution is 7.25. The summed E-state index contributed by atoms with van der Waals surface area (Å²) in [5.74, 6) is 0.567. The molecule has 0 aliphatic carbocycles. The minimum atomic E-state index is 0.328. The van der Waals surface area contributed by atoms with Gasteiger partial charge in [-0.3, -0.25) is 4.57 Å². The zero-order valence-electron chi connectivity index (χ0n) is 29.5. The zero-order valence-corrected chi connectivity index (χ0v) is 31.1. The molecule has 0 N–H and O–H groups in total. The average molecular weight is 752 g/mol. The number of hydrogen-bond donors (Lipinski definition) is 0. The summed E-state index contributed by atoms with van der Waals surface area (Å²) in [5, 5.41) is 13.9. The van der Waals surface area contributed by atoms with Crippen LogP contribution in [0, 0.1) is 0 Å². The molecule has 4 aromatic heterocycles. The fourth-order valence-electron chi connectivity index (χ4n) is 9.16. The van der Waals surface area contributed by atoms with E-state index in [1.165, 1.54) is 25.7 Å². The van der Waals surface area contributed by atoms with E-state index in [2.05, 4.69) is 150 Å². The van der Waals surface area contributed by atoms with Crippen LogP contribution in [0.1, 0.15) is 0 Å². The Kier molecular flexibility index (Phi) is 6.07. The summed E-state index contributed by atoms with van der Waals surface area (Å²) in [7, 11) is 0. The average Bonchev–Trinajstić information content (AvgIpc) is 3.93. The van der Waals surface area contributed by atoms with Gasteiger partial charge in [0.25, 0.3) is 0 Å². The molecule has 56 heavy (non-hydrogen) atoms. The molecule has 0 bridgehead atoms. The van der Waals surface area contributed by atoms with E-state index in [0.29, 0.717) is 11.0 Å². The molecule has 13 rings (SSSR count). The van der Waals surface area contributed by atoms with E-state index < -0.39 is 0 Å². The van der Waals surface area contributed by atoms with E-state index in [1.54, 1.807) is 0 Å². The van der Waals surface area contributed by atoms with Crippen molar-refractivity contribution in [3.05, 3.63) is 163 Å². The summed E-state index contributed by atoms with van der Waals surface area (Å²) in [4.78, 5) is 10.4. The summed E-state index contributed by atoms with van der Waals surface area (Å²) in [6.45, 7) is 0. The Morgan fingerprint density at radius 1 is 0.482 bits per heavy atom. The predicted octanol–water partition coefficient (Wildman–Crippen LogP) is 14.8. The quantitative estimate of drug-likeness (QED) is 0.165. The maximum Gasteiger partial charge on any atom is 0.176 e. The van der Waals surface area contributed by atoms with Gasteiger partial charge in [0.05, 0.1) is 22.1 Å². The number of nitrogens with zero attached hydrogens (tertiary/aromatic N) is 3. The third-order valence-corrected chi connectivity index (χ3v) is 13.0. The molecule has 0 saturated heterocycles. The third-order valence-electron chi connectivity index (χ3n) is 11.7. The van der Waals surface area contributed by atoms with Crippen LogP contribution < -0.4 is 0 Å². The zero-order chi connectivity index (χ0) is 36.6. The van der Waals surface area contributed by atoms with Crippen LogP contribution >= 0.6 is 22.9 Å². The van der Waals surface area contributed by atoms with Crippen LogP contribution in [-0.4, -0.2) is 14.5 Å². The van der Waals surface area contributed by atoms with E-state index in [0.717, 1.165) is 92.7 Å². The minimum Gasteiger partial charge on any atom is -0.453 e. The number of aromatic nitrogens is 3. The smallest absolute Gasteiger partial charge is 0.176 e. The maximum absolute atomic E-state index is 7.27. The number of thiophene rings is 1. The van der Waals surface area contributed by atoms with Crippen molar-refractivity contribution in [1.29, 1.82) is 0 Å². The van der Waals surface area contributed by atoms with Crippen molar-refractivity contribution in [2.75, 3.05) is 0 Å². The lowest BCUT2D eigenvalue weighted by Gasteiger charge is -2.12. The first-order valence-electron chi connectivity index (χ1n) is 18.7. The van der Waals surface area contributed by atoms with Crippen LogP contribution in [0.4, 0.5) is 0 Å².